The predicted octanol–water partition coefficient (Wildman–Crippen LogP) is 3.20. The van der Waals surface area contributed by atoms with Crippen molar-refractivity contribution in [2.75, 3.05) is 26.3 Å². The molecule has 0 aliphatic carbocycles. The van der Waals surface area contributed by atoms with Gasteiger partial charge in [-0.3, -0.25) is 9.59 Å². The molecule has 1 aromatic heterocycles. The van der Waals surface area contributed by atoms with Gasteiger partial charge in [-0.1, -0.05) is 32.0 Å². The number of carbonyl (C=O) groups excluding carboxylic acids is 1. The van der Waals surface area contributed by atoms with Gasteiger partial charge in [0.05, 0.1) is 12.6 Å². The van der Waals surface area contributed by atoms with Gasteiger partial charge >= 0.3 is 0 Å². The monoisotopic (exact) mass is 384 g/mol. The molecule has 6 nitrogen and oxygen atoms in total. The third-order valence-electron chi connectivity index (χ3n) is 4.89. The first kappa shape index (κ1) is 20.1. The highest BCUT2D eigenvalue weighted by Gasteiger charge is 2.25. The number of benzene rings is 1. The van der Waals surface area contributed by atoms with Crippen molar-refractivity contribution in [2.45, 2.75) is 38.7 Å². The highest BCUT2D eigenvalue weighted by Crippen LogP contribution is 2.16. The number of amides is 1. The molecule has 28 heavy (non-hydrogen) atoms. The van der Waals surface area contributed by atoms with E-state index in [-0.39, 0.29) is 29.1 Å². The van der Waals surface area contributed by atoms with Crippen LogP contribution in [0.5, 0.6) is 5.75 Å². The molecule has 0 saturated carbocycles. The molecule has 150 valence electrons. The number of hydrogen-bond donors (Lipinski definition) is 1. The number of aromatic amines is 1. The second-order valence-corrected chi connectivity index (χ2v) is 7.36. The number of para-hydroxylation sites is 1. The van der Waals surface area contributed by atoms with Crippen LogP contribution >= 0.6 is 0 Å². The number of nitrogens with one attached hydrogen (secondary N) is 1. The Balaban J connectivity index is 1.71. The van der Waals surface area contributed by atoms with Crippen LogP contribution in [-0.4, -0.2) is 48.2 Å². The molecule has 1 aliphatic rings. The highest BCUT2D eigenvalue weighted by atomic mass is 16.5. The van der Waals surface area contributed by atoms with Gasteiger partial charge < -0.3 is 19.4 Å². The van der Waals surface area contributed by atoms with Crippen molar-refractivity contribution < 1.29 is 14.3 Å². The fourth-order valence-electron chi connectivity index (χ4n) is 3.26. The standard InChI is InChI=1S/C22H28N2O4/c1-16(2)20-11-10-19(21(25)23-20)22(26)24(15-18-9-6-13-27-18)12-14-28-17-7-4-3-5-8-17/h3-5,7-8,10-11,16,18H,6,9,12-15H2,1-2H3,(H,23,25). The molecular formula is C22H28N2O4. The molecule has 3 rings (SSSR count). The second kappa shape index (κ2) is 9.55. The first-order valence-corrected chi connectivity index (χ1v) is 9.86. The molecule has 2 aromatic rings. The van der Waals surface area contributed by atoms with Gasteiger partial charge in [-0.25, -0.2) is 0 Å². The summed E-state index contributed by atoms with van der Waals surface area (Å²) in [6.07, 6.45) is 1.93. The van der Waals surface area contributed by atoms with E-state index < -0.39 is 0 Å². The van der Waals surface area contributed by atoms with Gasteiger partial charge in [0.2, 0.25) is 0 Å². The summed E-state index contributed by atoms with van der Waals surface area (Å²) in [5.74, 6) is 0.661. The van der Waals surface area contributed by atoms with Crippen molar-refractivity contribution in [2.24, 2.45) is 0 Å². The Labute approximate surface area is 165 Å². The number of carbonyl (C=O) groups is 1. The third-order valence-corrected chi connectivity index (χ3v) is 4.89. The Morgan fingerprint density at radius 3 is 2.68 bits per heavy atom. The maximum absolute atomic E-state index is 13.1. The molecule has 1 fully saturated rings. The molecule has 2 heterocycles. The lowest BCUT2D eigenvalue weighted by molar-refractivity contribution is 0.0492. The highest BCUT2D eigenvalue weighted by molar-refractivity contribution is 5.93. The van der Waals surface area contributed by atoms with E-state index in [1.165, 1.54) is 0 Å². The van der Waals surface area contributed by atoms with Crippen molar-refractivity contribution >= 4 is 5.91 Å². The van der Waals surface area contributed by atoms with Crippen LogP contribution in [0.2, 0.25) is 0 Å². The minimum Gasteiger partial charge on any atom is -0.492 e. The summed E-state index contributed by atoms with van der Waals surface area (Å²) in [7, 11) is 0. The molecule has 0 radical (unpaired) electrons. The number of H-pyrrole nitrogens is 1. The molecule has 6 heteroatoms. The molecule has 1 N–H and O–H groups in total. The topological polar surface area (TPSA) is 71.6 Å². The molecule has 1 aliphatic heterocycles. The normalized spacial score (nSPS) is 16.3. The summed E-state index contributed by atoms with van der Waals surface area (Å²) >= 11 is 0. The van der Waals surface area contributed by atoms with E-state index in [2.05, 4.69) is 4.98 Å². The summed E-state index contributed by atoms with van der Waals surface area (Å²) in [6, 6.07) is 12.9. The average molecular weight is 384 g/mol. The van der Waals surface area contributed by atoms with Gasteiger partial charge in [0.15, 0.2) is 0 Å². The fraction of sp³-hybridized carbons (Fsp3) is 0.455. The largest absolute Gasteiger partial charge is 0.492 e. The van der Waals surface area contributed by atoms with Crippen LogP contribution in [-0.2, 0) is 4.74 Å². The Hall–Kier alpha value is -2.60. The summed E-state index contributed by atoms with van der Waals surface area (Å²) < 4.78 is 11.4. The number of nitrogens with zero attached hydrogens (tertiary/aromatic N) is 1. The molecule has 1 aromatic carbocycles. The van der Waals surface area contributed by atoms with Crippen LogP contribution in [0, 0.1) is 0 Å². The second-order valence-electron chi connectivity index (χ2n) is 7.36. The Bertz CT molecular complexity index is 826. The number of rotatable bonds is 8. The summed E-state index contributed by atoms with van der Waals surface area (Å²) in [5.41, 5.74) is 0.624. The van der Waals surface area contributed by atoms with E-state index in [1.807, 2.05) is 50.2 Å². The maximum atomic E-state index is 13.1. The van der Waals surface area contributed by atoms with Crippen LogP contribution < -0.4 is 10.3 Å². The van der Waals surface area contributed by atoms with Crippen LogP contribution in [0.25, 0.3) is 0 Å². The summed E-state index contributed by atoms with van der Waals surface area (Å²) in [4.78, 5) is 30.0. The van der Waals surface area contributed by atoms with E-state index in [1.54, 1.807) is 11.0 Å². The summed E-state index contributed by atoms with van der Waals surface area (Å²) in [6.45, 7) is 5.91. The zero-order valence-electron chi connectivity index (χ0n) is 16.5. The van der Waals surface area contributed by atoms with Crippen molar-refractivity contribution in [3.8, 4) is 5.75 Å². The van der Waals surface area contributed by atoms with E-state index in [9.17, 15) is 9.59 Å². The number of hydrogen-bond acceptors (Lipinski definition) is 4. The minimum absolute atomic E-state index is 0.00898. The minimum atomic E-state index is -0.350. The lowest BCUT2D eigenvalue weighted by Crippen LogP contribution is -2.42. The Kier molecular flexibility index (Phi) is 6.87. The van der Waals surface area contributed by atoms with Crippen LogP contribution in [0.4, 0.5) is 0 Å². The maximum Gasteiger partial charge on any atom is 0.261 e. The first-order chi connectivity index (χ1) is 13.5. The SMILES string of the molecule is CC(C)c1ccc(C(=O)N(CCOc2ccccc2)CC2CCCO2)c(=O)[nH]1. The predicted molar refractivity (Wildman–Crippen MR) is 108 cm³/mol. The molecule has 1 unspecified atom stereocenters. The smallest absolute Gasteiger partial charge is 0.261 e. The van der Waals surface area contributed by atoms with E-state index in [4.69, 9.17) is 9.47 Å². The van der Waals surface area contributed by atoms with Gasteiger partial charge in [0.1, 0.15) is 17.9 Å². The third kappa shape index (κ3) is 5.23. The quantitative estimate of drug-likeness (QED) is 0.759. The number of ether oxygens (including phenoxy) is 2. The fourth-order valence-corrected chi connectivity index (χ4v) is 3.26. The number of aromatic nitrogens is 1. The Morgan fingerprint density at radius 2 is 2.04 bits per heavy atom. The van der Waals surface area contributed by atoms with Gasteiger partial charge in [-0.05, 0) is 43.0 Å². The first-order valence-electron chi connectivity index (χ1n) is 9.86. The van der Waals surface area contributed by atoms with Gasteiger partial charge in [-0.15, -0.1) is 0 Å². The van der Waals surface area contributed by atoms with E-state index in [0.29, 0.717) is 19.7 Å². The lowest BCUT2D eigenvalue weighted by atomic mass is 10.1. The van der Waals surface area contributed by atoms with Gasteiger partial charge in [0, 0.05) is 18.8 Å². The van der Waals surface area contributed by atoms with Crippen LogP contribution in [0.3, 0.4) is 0 Å². The average Bonchev–Trinajstić information content (AvgIpc) is 3.20. The van der Waals surface area contributed by atoms with Crippen molar-refractivity contribution in [3.63, 3.8) is 0 Å². The number of pyridine rings is 1. The molecule has 1 atom stereocenters. The molecule has 0 bridgehead atoms. The lowest BCUT2D eigenvalue weighted by Gasteiger charge is -2.25. The van der Waals surface area contributed by atoms with Crippen LogP contribution in [0.1, 0.15) is 48.7 Å². The summed E-state index contributed by atoms with van der Waals surface area (Å²) in [5, 5.41) is 0. The molecule has 1 amide bonds. The zero-order valence-corrected chi connectivity index (χ0v) is 16.5. The van der Waals surface area contributed by atoms with Crippen molar-refractivity contribution in [1.82, 2.24) is 9.88 Å². The van der Waals surface area contributed by atoms with Gasteiger partial charge in [0.25, 0.3) is 11.5 Å². The van der Waals surface area contributed by atoms with Crippen LogP contribution in [0.15, 0.2) is 47.3 Å². The molecule has 1 saturated heterocycles. The van der Waals surface area contributed by atoms with Crippen molar-refractivity contribution in [1.29, 1.82) is 0 Å². The van der Waals surface area contributed by atoms with Gasteiger partial charge in [-0.2, -0.15) is 0 Å². The molecule has 0 spiro atoms. The Morgan fingerprint density at radius 1 is 1.25 bits per heavy atom. The zero-order chi connectivity index (χ0) is 19.9. The molecular weight excluding hydrogens is 356 g/mol. The van der Waals surface area contributed by atoms with Crippen molar-refractivity contribution in [3.05, 3.63) is 64.1 Å². The van der Waals surface area contributed by atoms with E-state index in [0.717, 1.165) is 30.9 Å². The van der Waals surface area contributed by atoms with E-state index >= 15 is 0 Å².